The lowest BCUT2D eigenvalue weighted by molar-refractivity contribution is -0.145. The van der Waals surface area contributed by atoms with Gasteiger partial charge in [-0.1, -0.05) is 39.1 Å². The Labute approximate surface area is 183 Å². The molecule has 1 N–H and O–H groups in total. The van der Waals surface area contributed by atoms with Gasteiger partial charge in [0.25, 0.3) is 0 Å². The summed E-state index contributed by atoms with van der Waals surface area (Å²) in [7, 11) is 0. The SMILES string of the molecule is C=CC(=O)OC(C)NC(=O)OC(COC(=O)C(=C)C)COc1cc(C(C)C)ccc1C. The minimum atomic E-state index is -0.942. The summed E-state index contributed by atoms with van der Waals surface area (Å²) >= 11 is 0. The molecule has 8 nitrogen and oxygen atoms in total. The first-order chi connectivity index (χ1) is 14.5. The van der Waals surface area contributed by atoms with Gasteiger partial charge in [0.05, 0.1) is 0 Å². The minimum absolute atomic E-state index is 0.0555. The molecule has 31 heavy (non-hydrogen) atoms. The van der Waals surface area contributed by atoms with E-state index < -0.39 is 30.4 Å². The number of alkyl carbamates (subject to hydrolysis) is 1. The van der Waals surface area contributed by atoms with E-state index in [1.807, 2.05) is 25.1 Å². The van der Waals surface area contributed by atoms with Crippen molar-refractivity contribution in [1.82, 2.24) is 5.32 Å². The van der Waals surface area contributed by atoms with Crippen LogP contribution in [0.2, 0.25) is 0 Å². The highest BCUT2D eigenvalue weighted by Gasteiger charge is 2.21. The molecule has 1 rings (SSSR count). The van der Waals surface area contributed by atoms with Crippen LogP contribution >= 0.6 is 0 Å². The van der Waals surface area contributed by atoms with Gasteiger partial charge in [-0.15, -0.1) is 0 Å². The maximum absolute atomic E-state index is 12.2. The predicted octanol–water partition coefficient (Wildman–Crippen LogP) is 3.79. The number of nitrogens with one attached hydrogen (secondary N) is 1. The van der Waals surface area contributed by atoms with Gasteiger partial charge in [-0.05, 0) is 43.9 Å². The lowest BCUT2D eigenvalue weighted by Gasteiger charge is -2.21. The van der Waals surface area contributed by atoms with E-state index in [4.69, 9.17) is 18.9 Å². The first-order valence-electron chi connectivity index (χ1n) is 9.89. The van der Waals surface area contributed by atoms with Crippen molar-refractivity contribution in [2.24, 2.45) is 0 Å². The maximum atomic E-state index is 12.2. The molecule has 0 saturated heterocycles. The molecule has 0 heterocycles. The number of carbonyl (C=O) groups is 3. The molecule has 0 radical (unpaired) electrons. The average molecular weight is 434 g/mol. The second-order valence-electron chi connectivity index (χ2n) is 7.32. The summed E-state index contributed by atoms with van der Waals surface area (Å²) in [5, 5.41) is 2.35. The lowest BCUT2D eigenvalue weighted by Crippen LogP contribution is -2.40. The van der Waals surface area contributed by atoms with Crippen molar-refractivity contribution in [2.45, 2.75) is 52.9 Å². The highest BCUT2D eigenvalue weighted by atomic mass is 16.6. The Balaban J connectivity index is 2.81. The summed E-state index contributed by atoms with van der Waals surface area (Å²) in [6.07, 6.45) is -1.74. The van der Waals surface area contributed by atoms with Gasteiger partial charge >= 0.3 is 18.0 Å². The third-order valence-corrected chi connectivity index (χ3v) is 4.11. The molecule has 0 bridgehead atoms. The maximum Gasteiger partial charge on any atom is 0.410 e. The van der Waals surface area contributed by atoms with Gasteiger partial charge in [0, 0.05) is 11.6 Å². The molecule has 0 aliphatic carbocycles. The van der Waals surface area contributed by atoms with Gasteiger partial charge in [0.1, 0.15) is 19.0 Å². The zero-order valence-corrected chi connectivity index (χ0v) is 18.7. The molecular weight excluding hydrogens is 402 g/mol. The Morgan fingerprint density at radius 2 is 1.81 bits per heavy atom. The van der Waals surface area contributed by atoms with Crippen LogP contribution < -0.4 is 10.1 Å². The third kappa shape index (κ3) is 9.37. The average Bonchev–Trinajstić information content (AvgIpc) is 2.69. The van der Waals surface area contributed by atoms with E-state index in [0.717, 1.165) is 17.2 Å². The molecule has 170 valence electrons. The van der Waals surface area contributed by atoms with Gasteiger partial charge in [0.15, 0.2) is 12.3 Å². The number of ether oxygens (including phenoxy) is 4. The van der Waals surface area contributed by atoms with Crippen LogP contribution in [0.3, 0.4) is 0 Å². The number of hydrogen-bond donors (Lipinski definition) is 1. The highest BCUT2D eigenvalue weighted by molar-refractivity contribution is 5.87. The second kappa shape index (κ2) is 12.4. The van der Waals surface area contributed by atoms with Crippen LogP contribution in [-0.2, 0) is 23.8 Å². The Kier molecular flexibility index (Phi) is 10.3. The third-order valence-electron chi connectivity index (χ3n) is 4.11. The Morgan fingerprint density at radius 1 is 1.13 bits per heavy atom. The number of carbonyl (C=O) groups excluding carboxylic acids is 3. The van der Waals surface area contributed by atoms with Crippen LogP contribution in [0.25, 0.3) is 0 Å². The zero-order valence-electron chi connectivity index (χ0n) is 18.7. The van der Waals surface area contributed by atoms with Crippen molar-refractivity contribution in [1.29, 1.82) is 0 Å². The molecule has 8 heteroatoms. The highest BCUT2D eigenvalue weighted by Crippen LogP contribution is 2.24. The zero-order chi connectivity index (χ0) is 23.6. The number of benzene rings is 1. The van der Waals surface area contributed by atoms with Crippen molar-refractivity contribution in [3.63, 3.8) is 0 Å². The van der Waals surface area contributed by atoms with Crippen molar-refractivity contribution < 1.29 is 33.3 Å². The fourth-order valence-electron chi connectivity index (χ4n) is 2.33. The summed E-state index contributed by atoms with van der Waals surface area (Å²) in [4.78, 5) is 35.1. The summed E-state index contributed by atoms with van der Waals surface area (Å²) in [6.45, 7) is 15.5. The molecule has 0 aliphatic heterocycles. The van der Waals surface area contributed by atoms with E-state index in [0.29, 0.717) is 11.7 Å². The number of rotatable bonds is 11. The first-order valence-corrected chi connectivity index (χ1v) is 9.89. The standard InChI is InChI=1S/C23H31NO7/c1-8-21(25)30-17(7)24-23(27)31-19(13-29-22(26)15(4)5)12-28-20-11-18(14(2)3)10-9-16(20)6/h8-11,14,17,19H,1,4,12-13H2,2-3,5-7H3,(H,24,27). The van der Waals surface area contributed by atoms with E-state index in [1.54, 1.807) is 0 Å². The van der Waals surface area contributed by atoms with Crippen LogP contribution in [0.15, 0.2) is 43.0 Å². The molecule has 0 aromatic heterocycles. The molecule has 1 aromatic carbocycles. The topological polar surface area (TPSA) is 100 Å². The molecule has 2 atom stereocenters. The van der Waals surface area contributed by atoms with Gasteiger partial charge in [0.2, 0.25) is 0 Å². The van der Waals surface area contributed by atoms with Crippen molar-refractivity contribution >= 4 is 18.0 Å². The first kappa shape index (κ1) is 25.7. The fraction of sp³-hybridized carbons (Fsp3) is 0.435. The number of amides is 1. The molecule has 0 saturated carbocycles. The number of esters is 2. The molecule has 0 aliphatic rings. The van der Waals surface area contributed by atoms with E-state index in [1.165, 1.54) is 13.8 Å². The van der Waals surface area contributed by atoms with Crippen LogP contribution in [-0.4, -0.2) is 43.6 Å². The van der Waals surface area contributed by atoms with Gasteiger partial charge in [-0.25, -0.2) is 14.4 Å². The predicted molar refractivity (Wildman–Crippen MR) is 116 cm³/mol. The molecule has 2 unspecified atom stereocenters. The smallest absolute Gasteiger partial charge is 0.410 e. The largest absolute Gasteiger partial charge is 0.489 e. The molecule has 0 fully saturated rings. The summed E-state index contributed by atoms with van der Waals surface area (Å²) in [5.74, 6) is -0.347. The van der Waals surface area contributed by atoms with Gasteiger partial charge in [-0.3, -0.25) is 5.32 Å². The van der Waals surface area contributed by atoms with Crippen LogP contribution in [0.5, 0.6) is 5.75 Å². The molecule has 0 spiro atoms. The quantitative estimate of drug-likeness (QED) is 0.245. The fourth-order valence-corrected chi connectivity index (χ4v) is 2.33. The second-order valence-corrected chi connectivity index (χ2v) is 7.32. The minimum Gasteiger partial charge on any atom is -0.489 e. The molecule has 1 aromatic rings. The van der Waals surface area contributed by atoms with E-state index in [9.17, 15) is 14.4 Å². The molecule has 1 amide bonds. The summed E-state index contributed by atoms with van der Waals surface area (Å²) in [6, 6.07) is 5.90. The van der Waals surface area contributed by atoms with Crippen molar-refractivity contribution in [3.8, 4) is 5.75 Å². The molecular formula is C23H31NO7. The van der Waals surface area contributed by atoms with Gasteiger partial charge < -0.3 is 18.9 Å². The lowest BCUT2D eigenvalue weighted by atomic mass is 10.0. The Hall–Kier alpha value is -3.29. The Morgan fingerprint density at radius 3 is 2.39 bits per heavy atom. The van der Waals surface area contributed by atoms with Gasteiger partial charge in [-0.2, -0.15) is 0 Å². The van der Waals surface area contributed by atoms with Crippen LogP contribution in [0.1, 0.15) is 44.7 Å². The normalized spacial score (nSPS) is 12.3. The van der Waals surface area contributed by atoms with Crippen molar-refractivity contribution in [3.05, 3.63) is 54.1 Å². The monoisotopic (exact) mass is 433 g/mol. The Bertz CT molecular complexity index is 816. The van der Waals surface area contributed by atoms with Crippen LogP contribution in [0, 0.1) is 6.92 Å². The summed E-state index contributed by atoms with van der Waals surface area (Å²) < 4.78 is 21.1. The van der Waals surface area contributed by atoms with E-state index >= 15 is 0 Å². The summed E-state index contributed by atoms with van der Waals surface area (Å²) in [5.41, 5.74) is 2.23. The van der Waals surface area contributed by atoms with Crippen molar-refractivity contribution in [2.75, 3.05) is 13.2 Å². The number of hydrogen-bond acceptors (Lipinski definition) is 7. The van der Waals surface area contributed by atoms with E-state index in [-0.39, 0.29) is 18.8 Å². The van der Waals surface area contributed by atoms with E-state index in [2.05, 4.69) is 32.3 Å². The number of aryl methyl sites for hydroxylation is 1. The van der Waals surface area contributed by atoms with Crippen LogP contribution in [0.4, 0.5) is 4.79 Å².